The molecule has 1 fully saturated rings. The predicted molar refractivity (Wildman–Crippen MR) is 185 cm³/mol. The molecule has 0 saturated carbocycles. The van der Waals surface area contributed by atoms with E-state index >= 15 is 0 Å². The molecule has 4 aromatic carbocycles. The summed E-state index contributed by atoms with van der Waals surface area (Å²) < 4.78 is 32.8. The van der Waals surface area contributed by atoms with E-state index in [9.17, 15) is 14.2 Å². The van der Waals surface area contributed by atoms with Crippen LogP contribution in [0.15, 0.2) is 115 Å². The van der Waals surface area contributed by atoms with Crippen molar-refractivity contribution in [3.05, 3.63) is 121 Å². The molecule has 1 heterocycles. The largest absolute Gasteiger partial charge is 0.457 e. The van der Waals surface area contributed by atoms with E-state index in [1.165, 1.54) is 0 Å². The Hall–Kier alpha value is -4.30. The lowest BCUT2D eigenvalue weighted by atomic mass is 10.1. The van der Waals surface area contributed by atoms with Gasteiger partial charge in [0.1, 0.15) is 29.0 Å². The van der Waals surface area contributed by atoms with Crippen molar-refractivity contribution in [2.45, 2.75) is 50.3 Å². The number of halogens is 1. The summed E-state index contributed by atoms with van der Waals surface area (Å²) in [5.74, 6) is 0.240. The van der Waals surface area contributed by atoms with E-state index in [0.717, 1.165) is 12.8 Å². The highest BCUT2D eigenvalue weighted by atomic mass is 35.5. The SMILES string of the molecule is Cl.NCCCCCC(NC(=O)C1CCCN1C(=O)c1cccc(Oc2ccccc2)c1)P(=O)(Oc1ccccc1)Oc1ccccc1. The summed E-state index contributed by atoms with van der Waals surface area (Å²) in [6.07, 6.45) is 3.69. The number of nitrogens with one attached hydrogen (secondary N) is 1. The molecule has 1 aliphatic rings. The van der Waals surface area contributed by atoms with Gasteiger partial charge in [0.2, 0.25) is 5.91 Å². The third-order valence-electron chi connectivity index (χ3n) is 7.70. The molecule has 9 nitrogen and oxygen atoms in total. The molecule has 3 N–H and O–H groups in total. The first-order chi connectivity index (χ1) is 22.4. The van der Waals surface area contributed by atoms with Crippen molar-refractivity contribution in [3.63, 3.8) is 0 Å². The Morgan fingerprint density at radius 1 is 0.787 bits per heavy atom. The number of nitrogens with zero attached hydrogens (tertiary/aromatic N) is 1. The smallest absolute Gasteiger partial charge is 0.452 e. The van der Waals surface area contributed by atoms with Gasteiger partial charge >= 0.3 is 7.60 Å². The Bertz CT molecular complexity index is 1570. The number of nitrogens with two attached hydrogens (primary N) is 1. The zero-order valence-corrected chi connectivity index (χ0v) is 27.8. The number of carbonyl (C=O) groups is 2. The molecule has 1 saturated heterocycles. The number of ether oxygens (including phenoxy) is 1. The first-order valence-electron chi connectivity index (χ1n) is 15.7. The molecule has 0 radical (unpaired) electrons. The zero-order chi connectivity index (χ0) is 32.2. The minimum absolute atomic E-state index is 0. The van der Waals surface area contributed by atoms with Gasteiger partial charge in [0.25, 0.3) is 5.91 Å². The maximum atomic E-state index is 14.7. The Kier molecular flexibility index (Phi) is 13.3. The van der Waals surface area contributed by atoms with Crippen molar-refractivity contribution in [2.75, 3.05) is 13.1 Å². The maximum absolute atomic E-state index is 14.7. The minimum atomic E-state index is -4.04. The van der Waals surface area contributed by atoms with Gasteiger partial charge in [0, 0.05) is 12.1 Å². The number of benzene rings is 4. The van der Waals surface area contributed by atoms with Crippen molar-refractivity contribution < 1.29 is 27.9 Å². The first-order valence-corrected chi connectivity index (χ1v) is 17.3. The van der Waals surface area contributed by atoms with Crippen LogP contribution in [0, 0.1) is 0 Å². The molecule has 4 aromatic rings. The van der Waals surface area contributed by atoms with Gasteiger partial charge in [-0.2, -0.15) is 0 Å². The predicted octanol–water partition coefficient (Wildman–Crippen LogP) is 7.82. The number of likely N-dealkylation sites (tertiary alicyclic amines) is 1. The van der Waals surface area contributed by atoms with Crippen LogP contribution in [0.4, 0.5) is 0 Å². The zero-order valence-electron chi connectivity index (χ0n) is 26.1. The highest BCUT2D eigenvalue weighted by molar-refractivity contribution is 7.55. The second kappa shape index (κ2) is 17.6. The van der Waals surface area contributed by atoms with Gasteiger partial charge in [-0.3, -0.25) is 9.59 Å². The highest BCUT2D eigenvalue weighted by Crippen LogP contribution is 2.53. The van der Waals surface area contributed by atoms with Crippen molar-refractivity contribution in [1.82, 2.24) is 10.2 Å². The van der Waals surface area contributed by atoms with Crippen LogP contribution >= 0.6 is 20.0 Å². The van der Waals surface area contributed by atoms with Crippen LogP contribution in [0.25, 0.3) is 0 Å². The molecule has 0 aliphatic carbocycles. The van der Waals surface area contributed by atoms with Gasteiger partial charge in [-0.05, 0) is 86.8 Å². The Balaban J connectivity index is 0.00000500. The Morgan fingerprint density at radius 2 is 1.36 bits per heavy atom. The fourth-order valence-electron chi connectivity index (χ4n) is 5.40. The number of hydrogen-bond donors (Lipinski definition) is 2. The average Bonchev–Trinajstić information content (AvgIpc) is 3.58. The average molecular weight is 678 g/mol. The molecule has 2 amide bonds. The minimum Gasteiger partial charge on any atom is -0.457 e. The van der Waals surface area contributed by atoms with E-state index < -0.39 is 25.3 Å². The van der Waals surface area contributed by atoms with E-state index in [-0.39, 0.29) is 18.3 Å². The summed E-state index contributed by atoms with van der Waals surface area (Å²) in [6.45, 7) is 0.951. The monoisotopic (exact) mass is 677 g/mol. The molecule has 0 aromatic heterocycles. The lowest BCUT2D eigenvalue weighted by Crippen LogP contribution is -2.49. The number of amides is 2. The standard InChI is InChI=1S/C36H40N3O6P.ClH/c37-25-12-4-11-24-34(46(42,44-30-18-7-2-8-19-30)45-31-20-9-3-10-21-31)38-35(40)33-23-14-26-39(33)36(41)28-15-13-22-32(27-28)43-29-16-5-1-6-17-29;/h1-3,5-10,13,15-22,27,33-34H,4,11-12,14,23-26,37H2,(H,38,40);1H. The summed E-state index contributed by atoms with van der Waals surface area (Å²) in [7, 11) is -4.04. The van der Waals surface area contributed by atoms with E-state index in [2.05, 4.69) is 5.32 Å². The van der Waals surface area contributed by atoms with Crippen molar-refractivity contribution in [2.24, 2.45) is 5.73 Å². The van der Waals surface area contributed by atoms with Crippen LogP contribution in [-0.4, -0.2) is 41.6 Å². The topological polar surface area (TPSA) is 120 Å². The van der Waals surface area contributed by atoms with Crippen LogP contribution in [0.5, 0.6) is 23.0 Å². The van der Waals surface area contributed by atoms with E-state index in [1.54, 1.807) is 77.7 Å². The second-order valence-corrected chi connectivity index (χ2v) is 13.2. The van der Waals surface area contributed by atoms with Gasteiger partial charge in [-0.1, -0.05) is 73.5 Å². The summed E-state index contributed by atoms with van der Waals surface area (Å²) in [4.78, 5) is 29.3. The summed E-state index contributed by atoms with van der Waals surface area (Å²) in [5.41, 5.74) is 6.13. The number of para-hydroxylation sites is 3. The van der Waals surface area contributed by atoms with Gasteiger partial charge in [-0.15, -0.1) is 12.4 Å². The second-order valence-electron chi connectivity index (χ2n) is 11.1. The molecular weight excluding hydrogens is 637 g/mol. The maximum Gasteiger partial charge on any atom is 0.452 e. The fourth-order valence-corrected chi connectivity index (χ4v) is 7.30. The fraction of sp³-hybridized carbons (Fsp3) is 0.278. The molecule has 0 bridgehead atoms. The van der Waals surface area contributed by atoms with E-state index in [1.807, 2.05) is 42.5 Å². The van der Waals surface area contributed by atoms with Crippen molar-refractivity contribution >= 4 is 31.8 Å². The van der Waals surface area contributed by atoms with E-state index in [0.29, 0.717) is 67.3 Å². The molecule has 1 aliphatic heterocycles. The Morgan fingerprint density at radius 3 is 1.96 bits per heavy atom. The summed E-state index contributed by atoms with van der Waals surface area (Å²) >= 11 is 0. The van der Waals surface area contributed by atoms with Crippen LogP contribution in [0.1, 0.15) is 48.9 Å². The molecule has 2 atom stereocenters. The lowest BCUT2D eigenvalue weighted by molar-refractivity contribution is -0.125. The summed E-state index contributed by atoms with van der Waals surface area (Å²) in [6, 6.07) is 33.0. The van der Waals surface area contributed by atoms with Crippen LogP contribution < -0.4 is 24.8 Å². The molecule has 47 heavy (non-hydrogen) atoms. The molecule has 11 heteroatoms. The van der Waals surface area contributed by atoms with Gasteiger partial charge in [0.05, 0.1) is 0 Å². The normalized spacial score (nSPS) is 14.8. The number of carbonyl (C=O) groups excluding carboxylic acids is 2. The van der Waals surface area contributed by atoms with Crippen molar-refractivity contribution in [3.8, 4) is 23.0 Å². The molecular formula is C36H41ClN3O6P. The third kappa shape index (κ3) is 9.85. The third-order valence-corrected chi connectivity index (χ3v) is 9.78. The van der Waals surface area contributed by atoms with Crippen molar-refractivity contribution in [1.29, 1.82) is 0 Å². The lowest BCUT2D eigenvalue weighted by Gasteiger charge is -2.31. The van der Waals surface area contributed by atoms with Crippen LogP contribution in [-0.2, 0) is 9.36 Å². The highest BCUT2D eigenvalue weighted by Gasteiger charge is 2.43. The van der Waals surface area contributed by atoms with Gasteiger partial charge in [0.15, 0.2) is 5.78 Å². The quantitative estimate of drug-likeness (QED) is 0.0972. The number of hydrogen-bond acceptors (Lipinski definition) is 7. The molecule has 248 valence electrons. The van der Waals surface area contributed by atoms with Crippen LogP contribution in [0.3, 0.4) is 0 Å². The first kappa shape index (κ1) is 35.6. The number of rotatable bonds is 15. The summed E-state index contributed by atoms with van der Waals surface area (Å²) in [5, 5.41) is 3.00. The Labute approximate surface area is 282 Å². The molecule has 5 rings (SSSR count). The molecule has 2 unspecified atom stereocenters. The van der Waals surface area contributed by atoms with E-state index in [4.69, 9.17) is 19.5 Å². The van der Waals surface area contributed by atoms with Gasteiger partial charge < -0.3 is 29.7 Å². The number of unbranched alkanes of at least 4 members (excludes halogenated alkanes) is 2. The molecule has 0 spiro atoms. The van der Waals surface area contributed by atoms with Crippen LogP contribution in [0.2, 0.25) is 0 Å². The van der Waals surface area contributed by atoms with Gasteiger partial charge in [-0.25, -0.2) is 4.57 Å².